The molecule has 100 valence electrons. The van der Waals surface area contributed by atoms with Gasteiger partial charge in [-0.05, 0) is 18.8 Å². The van der Waals surface area contributed by atoms with E-state index in [4.69, 9.17) is 0 Å². The molecular weight excluding hydrogens is 236 g/mol. The molecule has 2 aliphatic heterocycles. The molecular formula is C12H18N2O4. The van der Waals surface area contributed by atoms with Crippen LogP contribution in [0, 0.1) is 5.92 Å². The Bertz CT molecular complexity index is 384. The van der Waals surface area contributed by atoms with Crippen LogP contribution in [0.5, 0.6) is 0 Å². The molecule has 2 amide bonds. The topological polar surface area (TPSA) is 81.1 Å². The van der Waals surface area contributed by atoms with Crippen molar-refractivity contribution in [3.63, 3.8) is 0 Å². The zero-order valence-corrected chi connectivity index (χ0v) is 10.3. The Morgan fingerprint density at radius 1 is 1.33 bits per heavy atom. The van der Waals surface area contributed by atoms with Gasteiger partial charge in [-0.2, -0.15) is 0 Å². The summed E-state index contributed by atoms with van der Waals surface area (Å²) < 4.78 is 0. The lowest BCUT2D eigenvalue weighted by atomic mass is 9.91. The Balaban J connectivity index is 2.33. The van der Waals surface area contributed by atoms with E-state index in [1.807, 2.05) is 6.92 Å². The van der Waals surface area contributed by atoms with E-state index < -0.39 is 12.2 Å². The Morgan fingerprint density at radius 3 is 2.50 bits per heavy atom. The summed E-state index contributed by atoms with van der Waals surface area (Å²) in [5.41, 5.74) is 0. The van der Waals surface area contributed by atoms with E-state index >= 15 is 0 Å². The maximum atomic E-state index is 11.3. The second-order valence-electron chi connectivity index (χ2n) is 5.01. The summed E-state index contributed by atoms with van der Waals surface area (Å²) >= 11 is 0. The second kappa shape index (κ2) is 4.51. The number of carboxylic acid groups (broad SMARTS) is 2. The first-order valence-corrected chi connectivity index (χ1v) is 6.10. The lowest BCUT2D eigenvalue weighted by Crippen LogP contribution is -2.63. The number of amides is 2. The van der Waals surface area contributed by atoms with Gasteiger partial charge in [0.25, 0.3) is 0 Å². The Labute approximate surface area is 105 Å². The molecule has 0 spiro atoms. The minimum atomic E-state index is -0.976. The predicted octanol–water partition coefficient (Wildman–Crippen LogP) is 1.68. The number of likely N-dealkylation sites (tertiary alicyclic amines) is 1. The molecule has 0 aromatic carbocycles. The molecule has 2 heterocycles. The van der Waals surface area contributed by atoms with Crippen molar-refractivity contribution < 1.29 is 19.8 Å². The summed E-state index contributed by atoms with van der Waals surface area (Å²) in [4.78, 5) is 25.4. The molecule has 6 nitrogen and oxygen atoms in total. The van der Waals surface area contributed by atoms with Crippen molar-refractivity contribution in [2.75, 3.05) is 6.54 Å². The molecule has 2 fully saturated rings. The van der Waals surface area contributed by atoms with Gasteiger partial charge in [-0.25, -0.2) is 9.59 Å². The molecule has 0 aliphatic carbocycles. The molecule has 0 saturated carbocycles. The fourth-order valence-electron chi connectivity index (χ4n) is 3.26. The van der Waals surface area contributed by atoms with Crippen LogP contribution < -0.4 is 0 Å². The molecule has 2 aliphatic rings. The molecule has 0 radical (unpaired) electrons. The van der Waals surface area contributed by atoms with E-state index in [1.165, 1.54) is 9.80 Å². The molecule has 0 aromatic rings. The summed E-state index contributed by atoms with van der Waals surface area (Å²) in [6.07, 6.45) is 1.23. The summed E-state index contributed by atoms with van der Waals surface area (Å²) in [5.74, 6) is -0.0630. The largest absolute Gasteiger partial charge is 0.465 e. The molecule has 2 N–H and O–H groups in total. The summed E-state index contributed by atoms with van der Waals surface area (Å²) in [6.45, 7) is 5.84. The third-order valence-electron chi connectivity index (χ3n) is 4.08. The molecule has 18 heavy (non-hydrogen) atoms. The fraction of sp³-hybridized carbons (Fsp3) is 0.667. The Morgan fingerprint density at radius 2 is 2.00 bits per heavy atom. The maximum Gasteiger partial charge on any atom is 0.407 e. The average molecular weight is 254 g/mol. The van der Waals surface area contributed by atoms with E-state index in [0.717, 1.165) is 12.8 Å². The minimum Gasteiger partial charge on any atom is -0.465 e. The van der Waals surface area contributed by atoms with Crippen molar-refractivity contribution >= 4 is 12.2 Å². The molecule has 6 heteroatoms. The van der Waals surface area contributed by atoms with E-state index in [2.05, 4.69) is 6.58 Å². The molecule has 1 unspecified atom stereocenters. The Kier molecular flexibility index (Phi) is 3.19. The number of piperazine rings is 1. The average Bonchev–Trinajstić information content (AvgIpc) is 2.63. The number of fused-ring (bicyclic) bond motifs is 2. The monoisotopic (exact) mass is 254 g/mol. The van der Waals surface area contributed by atoms with Crippen LogP contribution in [-0.4, -0.2) is 56.9 Å². The SMILES string of the molecule is C=CC(C)[C@H]1[C@@H]2CC[C@H](CN1C(=O)O)N2C(=O)O. The van der Waals surface area contributed by atoms with Crippen LogP contribution in [-0.2, 0) is 0 Å². The first kappa shape index (κ1) is 12.7. The number of rotatable bonds is 2. The molecule has 2 rings (SSSR count). The maximum absolute atomic E-state index is 11.3. The molecule has 4 atom stereocenters. The summed E-state index contributed by atoms with van der Waals surface area (Å²) in [6, 6.07) is -0.767. The third-order valence-corrected chi connectivity index (χ3v) is 4.08. The van der Waals surface area contributed by atoms with Gasteiger partial charge < -0.3 is 15.1 Å². The molecule has 0 aromatic heterocycles. The fourth-order valence-corrected chi connectivity index (χ4v) is 3.26. The van der Waals surface area contributed by atoms with Crippen LogP contribution in [0.2, 0.25) is 0 Å². The van der Waals surface area contributed by atoms with Gasteiger partial charge in [-0.3, -0.25) is 4.90 Å². The van der Waals surface area contributed by atoms with E-state index in [9.17, 15) is 19.8 Å². The van der Waals surface area contributed by atoms with Crippen LogP contribution in [0.3, 0.4) is 0 Å². The van der Waals surface area contributed by atoms with Crippen LogP contribution in [0.15, 0.2) is 12.7 Å². The highest BCUT2D eigenvalue weighted by molar-refractivity contribution is 5.70. The number of hydrogen-bond donors (Lipinski definition) is 2. The van der Waals surface area contributed by atoms with Gasteiger partial charge in [-0.15, -0.1) is 6.58 Å². The smallest absolute Gasteiger partial charge is 0.407 e. The van der Waals surface area contributed by atoms with Crippen LogP contribution in [0.25, 0.3) is 0 Å². The van der Waals surface area contributed by atoms with Gasteiger partial charge in [0.2, 0.25) is 0 Å². The van der Waals surface area contributed by atoms with Gasteiger partial charge in [0.1, 0.15) is 0 Å². The van der Waals surface area contributed by atoms with Crippen LogP contribution in [0.1, 0.15) is 19.8 Å². The second-order valence-corrected chi connectivity index (χ2v) is 5.01. The van der Waals surface area contributed by atoms with Gasteiger partial charge in [0, 0.05) is 6.54 Å². The summed E-state index contributed by atoms with van der Waals surface area (Å²) in [5, 5.41) is 18.5. The van der Waals surface area contributed by atoms with E-state index in [1.54, 1.807) is 6.08 Å². The van der Waals surface area contributed by atoms with E-state index in [0.29, 0.717) is 0 Å². The van der Waals surface area contributed by atoms with Crippen LogP contribution in [0.4, 0.5) is 9.59 Å². The van der Waals surface area contributed by atoms with Gasteiger partial charge in [0.05, 0.1) is 18.1 Å². The first-order valence-electron chi connectivity index (χ1n) is 6.10. The minimum absolute atomic E-state index is 0.0630. The van der Waals surface area contributed by atoms with Gasteiger partial charge in [0.15, 0.2) is 0 Å². The van der Waals surface area contributed by atoms with Crippen molar-refractivity contribution in [1.29, 1.82) is 0 Å². The quantitative estimate of drug-likeness (QED) is 0.735. The number of carbonyl (C=O) groups is 2. The highest BCUT2D eigenvalue weighted by Crippen LogP contribution is 2.37. The van der Waals surface area contributed by atoms with Gasteiger partial charge >= 0.3 is 12.2 Å². The van der Waals surface area contributed by atoms with Crippen molar-refractivity contribution in [2.45, 2.75) is 37.9 Å². The van der Waals surface area contributed by atoms with Crippen molar-refractivity contribution in [2.24, 2.45) is 5.92 Å². The normalized spacial score (nSPS) is 32.2. The highest BCUT2D eigenvalue weighted by Gasteiger charge is 2.51. The van der Waals surface area contributed by atoms with Crippen molar-refractivity contribution in [3.8, 4) is 0 Å². The zero-order chi connectivity index (χ0) is 13.4. The summed E-state index contributed by atoms with van der Waals surface area (Å²) in [7, 11) is 0. The third kappa shape index (κ3) is 1.81. The lowest BCUT2D eigenvalue weighted by molar-refractivity contribution is 0.0133. The predicted molar refractivity (Wildman–Crippen MR) is 64.6 cm³/mol. The molecule has 2 bridgehead atoms. The van der Waals surface area contributed by atoms with Gasteiger partial charge in [-0.1, -0.05) is 13.0 Å². The number of nitrogens with zero attached hydrogens (tertiary/aromatic N) is 2. The Hall–Kier alpha value is -1.72. The first-order chi connectivity index (χ1) is 8.47. The molecule has 2 saturated heterocycles. The standard InChI is InChI=1S/C12H18N2O4/c1-3-7(2)10-9-5-4-8(14(9)12(17)18)6-13(10)11(15)16/h3,7-10H,1,4-6H2,2H3,(H,15,16)(H,17,18)/t7?,8-,9+,10+/m1/s1. The highest BCUT2D eigenvalue weighted by atomic mass is 16.4. The lowest BCUT2D eigenvalue weighted by Gasteiger charge is -2.46. The van der Waals surface area contributed by atoms with E-state index in [-0.39, 0.29) is 30.6 Å². The van der Waals surface area contributed by atoms with Crippen molar-refractivity contribution in [3.05, 3.63) is 12.7 Å². The van der Waals surface area contributed by atoms with Crippen molar-refractivity contribution in [1.82, 2.24) is 9.80 Å². The number of hydrogen-bond acceptors (Lipinski definition) is 2. The zero-order valence-electron chi connectivity index (χ0n) is 10.3. The van der Waals surface area contributed by atoms with Crippen LogP contribution >= 0.6 is 0 Å².